The summed E-state index contributed by atoms with van der Waals surface area (Å²) < 4.78 is 19.1. The molecule has 1 N–H and O–H groups in total. The number of nitrogens with one attached hydrogen (secondary N) is 1. The molecule has 1 heterocycles. The molecule has 0 aromatic carbocycles. The first-order valence-corrected chi connectivity index (χ1v) is 7.08. The highest BCUT2D eigenvalue weighted by atomic mass is 19.1. The molecule has 0 bridgehead atoms. The Morgan fingerprint density at radius 2 is 2.20 bits per heavy atom. The second-order valence-electron chi connectivity index (χ2n) is 5.12. The molecule has 0 fully saturated rings. The van der Waals surface area contributed by atoms with Crippen LogP contribution in [0.4, 0.5) is 16.2 Å². The number of rotatable bonds is 9. The average Bonchev–Trinajstić information content (AvgIpc) is 2.42. The first-order chi connectivity index (χ1) is 9.58. The van der Waals surface area contributed by atoms with E-state index in [2.05, 4.69) is 36.1 Å². The van der Waals surface area contributed by atoms with Crippen LogP contribution in [0, 0.1) is 11.7 Å². The first-order valence-electron chi connectivity index (χ1n) is 7.08. The van der Waals surface area contributed by atoms with E-state index < -0.39 is 5.82 Å². The van der Waals surface area contributed by atoms with E-state index >= 15 is 0 Å². The summed E-state index contributed by atoms with van der Waals surface area (Å²) in [6, 6.07) is 0. The van der Waals surface area contributed by atoms with Gasteiger partial charge in [0.2, 0.25) is 5.95 Å². The second-order valence-corrected chi connectivity index (χ2v) is 5.12. The molecule has 0 aliphatic rings. The van der Waals surface area contributed by atoms with Gasteiger partial charge in [-0.2, -0.15) is 4.98 Å². The fourth-order valence-corrected chi connectivity index (χ4v) is 1.83. The van der Waals surface area contributed by atoms with Gasteiger partial charge < -0.3 is 15.0 Å². The van der Waals surface area contributed by atoms with Crippen molar-refractivity contribution in [3.8, 4) is 0 Å². The van der Waals surface area contributed by atoms with Gasteiger partial charge in [-0.05, 0) is 12.3 Å². The predicted molar refractivity (Wildman–Crippen MR) is 79.7 cm³/mol. The number of ether oxygens (including phenoxy) is 1. The molecule has 0 unspecified atom stereocenters. The summed E-state index contributed by atoms with van der Waals surface area (Å²) in [5.74, 6) is 0.816. The average molecular weight is 284 g/mol. The third-order valence-corrected chi connectivity index (χ3v) is 2.71. The van der Waals surface area contributed by atoms with E-state index in [4.69, 9.17) is 4.74 Å². The van der Waals surface area contributed by atoms with Crippen molar-refractivity contribution < 1.29 is 9.13 Å². The Kier molecular flexibility index (Phi) is 7.22. The lowest BCUT2D eigenvalue weighted by Gasteiger charge is -2.25. The smallest absolute Gasteiger partial charge is 0.224 e. The van der Waals surface area contributed by atoms with Crippen molar-refractivity contribution in [1.82, 2.24) is 9.97 Å². The summed E-state index contributed by atoms with van der Waals surface area (Å²) in [7, 11) is 1.64. The Labute approximate surface area is 120 Å². The van der Waals surface area contributed by atoms with E-state index in [1.165, 1.54) is 6.20 Å². The van der Waals surface area contributed by atoms with Crippen LogP contribution in [0.25, 0.3) is 0 Å². The lowest BCUT2D eigenvalue weighted by Crippen LogP contribution is -2.32. The second kappa shape index (κ2) is 8.68. The molecule has 0 amide bonds. The van der Waals surface area contributed by atoms with Crippen molar-refractivity contribution in [1.29, 1.82) is 0 Å². The molecule has 1 aromatic rings. The molecule has 6 heteroatoms. The fourth-order valence-electron chi connectivity index (χ4n) is 1.83. The van der Waals surface area contributed by atoms with Crippen molar-refractivity contribution in [2.24, 2.45) is 5.92 Å². The van der Waals surface area contributed by atoms with Crippen LogP contribution in [-0.2, 0) is 4.74 Å². The molecule has 114 valence electrons. The summed E-state index contributed by atoms with van der Waals surface area (Å²) >= 11 is 0. The largest absolute Gasteiger partial charge is 0.383 e. The zero-order valence-electron chi connectivity index (χ0n) is 12.8. The summed E-state index contributed by atoms with van der Waals surface area (Å²) in [5.41, 5.74) is 0. The van der Waals surface area contributed by atoms with E-state index in [-0.39, 0.29) is 0 Å². The highest BCUT2D eigenvalue weighted by Gasteiger charge is 2.16. The van der Waals surface area contributed by atoms with Crippen molar-refractivity contribution >= 4 is 11.8 Å². The lowest BCUT2D eigenvalue weighted by molar-refractivity contribution is 0.204. The SMILES string of the molecule is CCCNc1ncc(F)c(N(CCOC)CC(C)C)n1. The quantitative estimate of drug-likeness (QED) is 0.755. The van der Waals surface area contributed by atoms with Gasteiger partial charge in [-0.3, -0.25) is 0 Å². The maximum Gasteiger partial charge on any atom is 0.224 e. The summed E-state index contributed by atoms with van der Waals surface area (Å²) in [5, 5.41) is 3.08. The standard InChI is InChI=1S/C14H25FN4O/c1-5-6-16-14-17-9-12(15)13(18-14)19(7-8-20-4)10-11(2)3/h9,11H,5-8,10H2,1-4H3,(H,16,17,18). The van der Waals surface area contributed by atoms with E-state index in [0.29, 0.717) is 30.8 Å². The van der Waals surface area contributed by atoms with E-state index in [9.17, 15) is 4.39 Å². The molecule has 0 spiro atoms. The van der Waals surface area contributed by atoms with Crippen molar-refractivity contribution in [2.45, 2.75) is 27.2 Å². The van der Waals surface area contributed by atoms with Gasteiger partial charge in [0.1, 0.15) is 0 Å². The van der Waals surface area contributed by atoms with E-state index in [1.807, 2.05) is 4.90 Å². The van der Waals surface area contributed by atoms with Gasteiger partial charge in [-0.25, -0.2) is 9.37 Å². The van der Waals surface area contributed by atoms with Gasteiger partial charge in [-0.1, -0.05) is 20.8 Å². The Morgan fingerprint density at radius 1 is 1.45 bits per heavy atom. The highest BCUT2D eigenvalue weighted by Crippen LogP contribution is 2.18. The third kappa shape index (κ3) is 5.28. The minimum atomic E-state index is -0.399. The Morgan fingerprint density at radius 3 is 2.80 bits per heavy atom. The monoisotopic (exact) mass is 284 g/mol. The molecule has 1 rings (SSSR count). The molecule has 20 heavy (non-hydrogen) atoms. The number of anilines is 2. The van der Waals surface area contributed by atoms with Gasteiger partial charge in [0.05, 0.1) is 12.8 Å². The molecule has 5 nitrogen and oxygen atoms in total. The summed E-state index contributed by atoms with van der Waals surface area (Å²) in [6.45, 7) is 8.88. The van der Waals surface area contributed by atoms with Crippen LogP contribution in [0.5, 0.6) is 0 Å². The van der Waals surface area contributed by atoms with Gasteiger partial charge in [0, 0.05) is 26.7 Å². The van der Waals surface area contributed by atoms with Gasteiger partial charge in [0.15, 0.2) is 11.6 Å². The fraction of sp³-hybridized carbons (Fsp3) is 0.714. The van der Waals surface area contributed by atoms with Gasteiger partial charge in [-0.15, -0.1) is 0 Å². The van der Waals surface area contributed by atoms with Crippen LogP contribution in [0.2, 0.25) is 0 Å². The Hall–Kier alpha value is -1.43. The minimum Gasteiger partial charge on any atom is -0.383 e. The van der Waals surface area contributed by atoms with Crippen LogP contribution >= 0.6 is 0 Å². The van der Waals surface area contributed by atoms with E-state index in [0.717, 1.165) is 19.5 Å². The molecule has 0 radical (unpaired) electrons. The number of hydrogen-bond donors (Lipinski definition) is 1. The van der Waals surface area contributed by atoms with Crippen molar-refractivity contribution in [3.05, 3.63) is 12.0 Å². The molecule has 0 atom stereocenters. The van der Waals surface area contributed by atoms with Crippen molar-refractivity contribution in [2.75, 3.05) is 43.6 Å². The van der Waals surface area contributed by atoms with Crippen LogP contribution < -0.4 is 10.2 Å². The number of methoxy groups -OCH3 is 1. The van der Waals surface area contributed by atoms with Crippen molar-refractivity contribution in [3.63, 3.8) is 0 Å². The topological polar surface area (TPSA) is 50.3 Å². The van der Waals surface area contributed by atoms with Crippen LogP contribution in [0.15, 0.2) is 6.20 Å². The zero-order chi connectivity index (χ0) is 15.0. The maximum atomic E-state index is 14.0. The van der Waals surface area contributed by atoms with E-state index in [1.54, 1.807) is 7.11 Å². The number of aromatic nitrogens is 2. The zero-order valence-corrected chi connectivity index (χ0v) is 12.8. The summed E-state index contributed by atoms with van der Waals surface area (Å²) in [6.07, 6.45) is 2.19. The summed E-state index contributed by atoms with van der Waals surface area (Å²) in [4.78, 5) is 10.2. The number of nitrogens with zero attached hydrogens (tertiary/aromatic N) is 3. The molecule has 1 aromatic heterocycles. The Bertz CT molecular complexity index is 401. The van der Waals surface area contributed by atoms with Crippen LogP contribution in [0.3, 0.4) is 0 Å². The van der Waals surface area contributed by atoms with Crippen LogP contribution in [0.1, 0.15) is 27.2 Å². The third-order valence-electron chi connectivity index (χ3n) is 2.71. The van der Waals surface area contributed by atoms with Gasteiger partial charge in [0.25, 0.3) is 0 Å². The predicted octanol–water partition coefficient (Wildman–Crippen LogP) is 2.55. The molecule has 0 saturated carbocycles. The number of halogens is 1. The first kappa shape index (κ1) is 16.6. The molecular formula is C14H25FN4O. The molecular weight excluding hydrogens is 259 g/mol. The number of hydrogen-bond acceptors (Lipinski definition) is 5. The maximum absolute atomic E-state index is 14.0. The lowest BCUT2D eigenvalue weighted by atomic mass is 10.2. The Balaban J connectivity index is 2.91. The van der Waals surface area contributed by atoms with Crippen LogP contribution in [-0.4, -0.2) is 43.3 Å². The highest BCUT2D eigenvalue weighted by molar-refractivity contribution is 5.44. The molecule has 0 aliphatic carbocycles. The van der Waals surface area contributed by atoms with Gasteiger partial charge >= 0.3 is 0 Å². The molecule has 0 saturated heterocycles. The minimum absolute atomic E-state index is 0.337. The molecule has 0 aliphatic heterocycles. The normalized spacial score (nSPS) is 10.9.